The highest BCUT2D eigenvalue weighted by molar-refractivity contribution is 6.74. The van der Waals surface area contributed by atoms with Gasteiger partial charge in [0.2, 0.25) is 5.75 Å². The second-order valence-electron chi connectivity index (χ2n) is 33.9. The zero-order valence-corrected chi connectivity index (χ0v) is 73.3. The summed E-state index contributed by atoms with van der Waals surface area (Å²) in [5, 5.41) is 15.3. The van der Waals surface area contributed by atoms with Gasteiger partial charge in [0.25, 0.3) is 5.91 Å². The zero-order chi connectivity index (χ0) is 80.2. The van der Waals surface area contributed by atoms with E-state index in [2.05, 4.69) is 64.9 Å². The number of carbonyl (C=O) groups excluding carboxylic acids is 1. The molecular weight excluding hydrogens is 1410 g/mol. The van der Waals surface area contributed by atoms with Crippen LogP contribution in [-0.4, -0.2) is 87.8 Å². The summed E-state index contributed by atoms with van der Waals surface area (Å²) in [6.45, 7) is 18.8. The number of methoxy groups -OCH3 is 2. The number of rotatable bonds is 67. The van der Waals surface area contributed by atoms with Gasteiger partial charge in [0.1, 0.15) is 41.2 Å². The van der Waals surface area contributed by atoms with Crippen LogP contribution in [0, 0.1) is 0 Å². The molecule has 630 valence electrons. The summed E-state index contributed by atoms with van der Waals surface area (Å²) in [5.74, 6) is 2.44. The number of nitrogens with zero attached hydrogens (tertiary/aromatic N) is 2. The van der Waals surface area contributed by atoms with Gasteiger partial charge in [-0.05, 0) is 96.5 Å². The summed E-state index contributed by atoms with van der Waals surface area (Å²) in [4.78, 5) is 34.1. The maximum absolute atomic E-state index is 14.9. The first-order valence-corrected chi connectivity index (χ1v) is 48.5. The largest absolute Gasteiger partial charge is 0.497 e. The Bertz CT molecular complexity index is 3160. The molecule has 1 saturated heterocycles. The molecule has 0 unspecified atom stereocenters. The fourth-order valence-electron chi connectivity index (χ4n) is 15.4. The van der Waals surface area contributed by atoms with E-state index < -0.39 is 50.1 Å². The number of nitrogens with one attached hydrogen (secondary N) is 1. The third-order valence-corrected chi connectivity index (χ3v) is 28.0. The topological polar surface area (TPSA) is 158 Å². The molecule has 5 aromatic rings. The quantitative estimate of drug-likeness (QED) is 0.0216. The van der Waals surface area contributed by atoms with Gasteiger partial charge in [0.05, 0.1) is 40.6 Å². The Morgan fingerprint density at radius 1 is 0.473 bits per heavy atom. The van der Waals surface area contributed by atoms with E-state index in [1.807, 2.05) is 78.9 Å². The predicted octanol–water partition coefficient (Wildman–Crippen LogP) is 27.1. The Morgan fingerprint density at radius 2 is 0.812 bits per heavy atom. The summed E-state index contributed by atoms with van der Waals surface area (Å²) >= 11 is 0. The SMILES string of the molecule is CCCCCCCCCCCCCCCCCCOc1cc(C(=O)Nc2ccn([C@@H]3O[C@H](COC(c4ccccc4)(c4ccc(OC)cc4)c4ccc(OC)cc4)[C@@H](O)[C@H]3O[Si](C)(C)C(C)(C)C)c(=O)n2)cc(OCCCCCCCCCCCCCCCCCC)c1OCCCCCCCCCCCCCCCCCC. The van der Waals surface area contributed by atoms with E-state index in [9.17, 15) is 14.7 Å². The number of carbonyl (C=O) groups is 1. The van der Waals surface area contributed by atoms with Crippen molar-refractivity contribution >= 4 is 20.0 Å². The summed E-state index contributed by atoms with van der Waals surface area (Å²) in [7, 11) is 0.614. The van der Waals surface area contributed by atoms with Crippen molar-refractivity contribution in [1.82, 2.24) is 9.55 Å². The Labute approximate surface area is 682 Å². The minimum atomic E-state index is -2.66. The summed E-state index contributed by atoms with van der Waals surface area (Å²) in [6.07, 6.45) is 59.0. The highest BCUT2D eigenvalue weighted by Crippen LogP contribution is 2.46. The number of amides is 1. The Hall–Kier alpha value is -5.71. The van der Waals surface area contributed by atoms with Crippen molar-refractivity contribution in [3.63, 3.8) is 0 Å². The van der Waals surface area contributed by atoms with Crippen LogP contribution in [0.3, 0.4) is 0 Å². The number of hydrogen-bond acceptors (Lipinski definition) is 12. The molecule has 4 atom stereocenters. The van der Waals surface area contributed by atoms with Crippen LogP contribution >= 0.6 is 0 Å². The molecule has 0 bridgehead atoms. The average Bonchev–Trinajstić information content (AvgIpc) is 1.37. The minimum Gasteiger partial charge on any atom is -0.497 e. The van der Waals surface area contributed by atoms with Crippen LogP contribution in [0.5, 0.6) is 28.7 Å². The normalized spacial score (nSPS) is 15.3. The van der Waals surface area contributed by atoms with Gasteiger partial charge in [0, 0.05) is 11.8 Å². The standard InChI is InChI=1S/C97H157N3O11Si/c1-11-14-17-20-23-26-29-32-35-38-41-44-47-50-53-59-74-106-86-77-80(78-87(107-75-60-54-51-48-45-42-39-36-33-30-27-24-21-18-15-12-2)91(86)108-76-61-55-52-49-46-43-40-37-34-31-28-25-22-19-16-13-3)93(102)98-89-72-73-100(95(103)99-89)94-92(111-112(9,10)96(4,5)6)90(101)88(110-94)79-109-97(81-62-57-56-58-63-81,82-64-68-84(104-7)69-65-82)83-66-70-85(105-8)71-67-83/h56-58,62-73,77-78,88,90,92,94,101H,11-55,59-61,74-76,79H2,1-10H3,(H,98,99,102,103)/t88-,90-,92-,94-/m1/s1. The molecule has 1 fully saturated rings. The van der Waals surface area contributed by atoms with Crippen LogP contribution < -0.4 is 34.7 Å². The van der Waals surface area contributed by atoms with Gasteiger partial charge >= 0.3 is 5.69 Å². The fourth-order valence-corrected chi connectivity index (χ4v) is 16.7. The lowest BCUT2D eigenvalue weighted by Gasteiger charge is -2.40. The molecule has 1 aliphatic heterocycles. The maximum atomic E-state index is 14.9. The van der Waals surface area contributed by atoms with Gasteiger partial charge in [0.15, 0.2) is 26.0 Å². The second-order valence-corrected chi connectivity index (χ2v) is 38.7. The van der Waals surface area contributed by atoms with Crippen molar-refractivity contribution in [3.05, 3.63) is 136 Å². The second kappa shape index (κ2) is 56.6. The summed E-state index contributed by atoms with van der Waals surface area (Å²) in [5.41, 5.74) is 0.857. The van der Waals surface area contributed by atoms with Crippen molar-refractivity contribution in [3.8, 4) is 28.7 Å². The lowest BCUT2D eigenvalue weighted by atomic mass is 9.80. The minimum absolute atomic E-state index is 0.0493. The smallest absolute Gasteiger partial charge is 0.351 e. The van der Waals surface area contributed by atoms with Gasteiger partial charge in [-0.15, -0.1) is 0 Å². The lowest BCUT2D eigenvalue weighted by molar-refractivity contribution is -0.0956. The van der Waals surface area contributed by atoms with Crippen LogP contribution in [0.1, 0.15) is 383 Å². The molecule has 2 N–H and O–H groups in total. The number of anilines is 1. The van der Waals surface area contributed by atoms with E-state index in [4.69, 9.17) is 37.6 Å². The van der Waals surface area contributed by atoms with Crippen LogP contribution in [0.25, 0.3) is 0 Å². The van der Waals surface area contributed by atoms with Crippen LogP contribution in [-0.2, 0) is 19.5 Å². The van der Waals surface area contributed by atoms with Crippen molar-refractivity contribution < 1.29 is 47.5 Å². The molecule has 4 aromatic carbocycles. The van der Waals surface area contributed by atoms with Gasteiger partial charge < -0.3 is 48.0 Å². The molecule has 0 aliphatic carbocycles. The van der Waals surface area contributed by atoms with Crippen molar-refractivity contribution in [2.45, 2.75) is 398 Å². The molecule has 0 spiro atoms. The fraction of sp³-hybridized carbons (Fsp3) is 0.701. The van der Waals surface area contributed by atoms with Gasteiger partial charge in [-0.2, -0.15) is 4.98 Å². The lowest BCUT2D eigenvalue weighted by Crippen LogP contribution is -2.49. The molecule has 15 heteroatoms. The van der Waals surface area contributed by atoms with E-state index >= 15 is 0 Å². The van der Waals surface area contributed by atoms with Crippen molar-refractivity contribution in [2.75, 3.05) is 46.0 Å². The van der Waals surface area contributed by atoms with Crippen molar-refractivity contribution in [2.24, 2.45) is 0 Å². The van der Waals surface area contributed by atoms with E-state index in [0.29, 0.717) is 54.1 Å². The van der Waals surface area contributed by atoms with Gasteiger partial charge in [-0.1, -0.05) is 385 Å². The molecule has 14 nitrogen and oxygen atoms in total. The third-order valence-electron chi connectivity index (χ3n) is 23.6. The van der Waals surface area contributed by atoms with E-state index in [-0.39, 0.29) is 17.5 Å². The molecule has 1 aromatic heterocycles. The van der Waals surface area contributed by atoms with Crippen LogP contribution in [0.2, 0.25) is 18.1 Å². The Balaban J connectivity index is 1.19. The molecular formula is C97H157N3O11Si. The maximum Gasteiger partial charge on any atom is 0.351 e. The van der Waals surface area contributed by atoms with E-state index in [1.165, 1.54) is 261 Å². The molecule has 1 amide bonds. The third kappa shape index (κ3) is 35.0. The molecule has 0 saturated carbocycles. The first kappa shape index (κ1) is 95.1. The number of hydrogen-bond donors (Lipinski definition) is 2. The van der Waals surface area contributed by atoms with Crippen molar-refractivity contribution in [1.29, 1.82) is 0 Å². The van der Waals surface area contributed by atoms with Gasteiger partial charge in [-0.3, -0.25) is 9.36 Å². The van der Waals surface area contributed by atoms with E-state index in [0.717, 1.165) is 68.1 Å². The molecule has 112 heavy (non-hydrogen) atoms. The molecule has 0 radical (unpaired) electrons. The highest BCUT2D eigenvalue weighted by Gasteiger charge is 2.52. The predicted molar refractivity (Wildman–Crippen MR) is 468 cm³/mol. The first-order chi connectivity index (χ1) is 54.6. The molecule has 6 rings (SSSR count). The molecule has 2 heterocycles. The van der Waals surface area contributed by atoms with Gasteiger partial charge in [-0.25, -0.2) is 4.79 Å². The highest BCUT2D eigenvalue weighted by atomic mass is 28.4. The number of aliphatic hydroxyl groups is 1. The molecule has 1 aliphatic rings. The first-order valence-electron chi connectivity index (χ1n) is 45.6. The number of ether oxygens (including phenoxy) is 7. The Kier molecular flexibility index (Phi) is 48.0. The average molecular weight is 1570 g/mol. The summed E-state index contributed by atoms with van der Waals surface area (Å²) in [6, 6.07) is 30.6. The zero-order valence-electron chi connectivity index (χ0n) is 72.3. The summed E-state index contributed by atoms with van der Waals surface area (Å²) < 4.78 is 54.1. The van der Waals surface area contributed by atoms with Crippen LogP contribution in [0.4, 0.5) is 5.82 Å². The number of benzene rings is 4. The van der Waals surface area contributed by atoms with Crippen LogP contribution in [0.15, 0.2) is 108 Å². The number of unbranched alkanes of at least 4 members (excludes halogenated alkanes) is 45. The van der Waals surface area contributed by atoms with E-state index in [1.54, 1.807) is 38.6 Å². The number of aromatic nitrogens is 2. The monoisotopic (exact) mass is 1570 g/mol. The Morgan fingerprint density at radius 3 is 1.15 bits per heavy atom. The number of aliphatic hydroxyl groups excluding tert-OH is 1.